The van der Waals surface area contributed by atoms with E-state index < -0.39 is 0 Å². The lowest BCUT2D eigenvalue weighted by molar-refractivity contribution is 0.464. The van der Waals surface area contributed by atoms with E-state index in [0.29, 0.717) is 34.7 Å². The van der Waals surface area contributed by atoms with Crippen LogP contribution in [0, 0.1) is 0 Å². The molecule has 0 saturated heterocycles. The molecule has 0 amide bonds. The van der Waals surface area contributed by atoms with Crippen molar-refractivity contribution in [1.29, 1.82) is 0 Å². The van der Waals surface area contributed by atoms with Crippen LogP contribution in [0.4, 0.5) is 11.5 Å². The third-order valence-electron chi connectivity index (χ3n) is 3.80. The quantitative estimate of drug-likeness (QED) is 0.672. The van der Waals surface area contributed by atoms with Crippen LogP contribution in [0.2, 0.25) is 5.02 Å². The standard InChI is InChI=1S/C19H19ClN4O/c1-2-13-7-9-15(10-8-13)25-19-17(21)18(23-12-24-19)22-11-14-5-3-4-6-16(14)20/h3-10,12H,2,11,21H2,1H3,(H,22,23,24). The van der Waals surface area contributed by atoms with E-state index in [0.717, 1.165) is 12.0 Å². The number of benzene rings is 2. The third kappa shape index (κ3) is 4.19. The van der Waals surface area contributed by atoms with Crippen molar-refractivity contribution in [2.24, 2.45) is 0 Å². The first-order chi connectivity index (χ1) is 12.2. The minimum absolute atomic E-state index is 0.320. The molecule has 6 heteroatoms. The summed E-state index contributed by atoms with van der Waals surface area (Å²) in [5.41, 5.74) is 8.70. The topological polar surface area (TPSA) is 73.1 Å². The molecule has 0 spiro atoms. The van der Waals surface area contributed by atoms with Crippen LogP contribution in [0.3, 0.4) is 0 Å². The number of nitrogen functional groups attached to an aromatic ring is 1. The van der Waals surface area contributed by atoms with Crippen LogP contribution < -0.4 is 15.8 Å². The van der Waals surface area contributed by atoms with Gasteiger partial charge in [-0.05, 0) is 35.7 Å². The van der Waals surface area contributed by atoms with Gasteiger partial charge in [-0.2, -0.15) is 4.98 Å². The average Bonchev–Trinajstić information content (AvgIpc) is 2.64. The number of hydrogen-bond donors (Lipinski definition) is 2. The van der Waals surface area contributed by atoms with Gasteiger partial charge >= 0.3 is 0 Å². The van der Waals surface area contributed by atoms with Gasteiger partial charge in [0.25, 0.3) is 0 Å². The molecular weight excluding hydrogens is 336 g/mol. The van der Waals surface area contributed by atoms with Crippen LogP contribution in [0.25, 0.3) is 0 Å². The first-order valence-corrected chi connectivity index (χ1v) is 8.39. The van der Waals surface area contributed by atoms with Gasteiger partial charge in [0, 0.05) is 11.6 Å². The van der Waals surface area contributed by atoms with Gasteiger partial charge in [0.2, 0.25) is 5.88 Å². The van der Waals surface area contributed by atoms with Crippen molar-refractivity contribution < 1.29 is 4.74 Å². The van der Waals surface area contributed by atoms with E-state index in [1.54, 1.807) is 0 Å². The van der Waals surface area contributed by atoms with Gasteiger partial charge in [-0.1, -0.05) is 48.9 Å². The maximum atomic E-state index is 6.16. The molecule has 3 N–H and O–H groups in total. The van der Waals surface area contributed by atoms with Gasteiger partial charge in [-0.25, -0.2) is 4.98 Å². The fraction of sp³-hybridized carbons (Fsp3) is 0.158. The Bertz CT molecular complexity index is 852. The third-order valence-corrected chi connectivity index (χ3v) is 4.17. The number of halogens is 1. The zero-order chi connectivity index (χ0) is 17.6. The van der Waals surface area contributed by atoms with E-state index in [1.165, 1.54) is 11.9 Å². The smallest absolute Gasteiger partial charge is 0.248 e. The zero-order valence-corrected chi connectivity index (χ0v) is 14.6. The van der Waals surface area contributed by atoms with Crippen LogP contribution in [0.5, 0.6) is 11.6 Å². The maximum Gasteiger partial charge on any atom is 0.248 e. The molecule has 2 aromatic carbocycles. The van der Waals surface area contributed by atoms with Gasteiger partial charge in [-0.3, -0.25) is 0 Å². The Kier molecular flexibility index (Phi) is 5.36. The van der Waals surface area contributed by atoms with Crippen molar-refractivity contribution in [3.05, 3.63) is 71.0 Å². The second-order valence-corrected chi connectivity index (χ2v) is 5.89. The number of nitrogens with two attached hydrogens (primary N) is 1. The van der Waals surface area contributed by atoms with Crippen molar-refractivity contribution >= 4 is 23.1 Å². The number of ether oxygens (including phenoxy) is 1. The largest absolute Gasteiger partial charge is 0.437 e. The second kappa shape index (κ2) is 7.85. The van der Waals surface area contributed by atoms with Gasteiger partial charge in [0.15, 0.2) is 5.82 Å². The fourth-order valence-electron chi connectivity index (χ4n) is 2.33. The highest BCUT2D eigenvalue weighted by molar-refractivity contribution is 6.31. The summed E-state index contributed by atoms with van der Waals surface area (Å²) in [6.07, 6.45) is 2.40. The molecule has 0 radical (unpaired) electrons. The molecule has 0 unspecified atom stereocenters. The molecule has 1 heterocycles. The average molecular weight is 355 g/mol. The monoisotopic (exact) mass is 354 g/mol. The number of nitrogens with one attached hydrogen (secondary N) is 1. The molecule has 0 fully saturated rings. The molecule has 0 bridgehead atoms. The Morgan fingerprint density at radius 3 is 2.56 bits per heavy atom. The number of rotatable bonds is 6. The Labute approximate surface area is 151 Å². The molecule has 25 heavy (non-hydrogen) atoms. The predicted molar refractivity (Wildman–Crippen MR) is 101 cm³/mol. The van der Waals surface area contributed by atoms with Gasteiger partial charge in [0.05, 0.1) is 0 Å². The van der Waals surface area contributed by atoms with Crippen LogP contribution in [0.15, 0.2) is 54.9 Å². The van der Waals surface area contributed by atoms with Crippen molar-refractivity contribution in [2.75, 3.05) is 11.1 Å². The van der Waals surface area contributed by atoms with Crippen molar-refractivity contribution in [3.63, 3.8) is 0 Å². The van der Waals surface area contributed by atoms with Gasteiger partial charge in [-0.15, -0.1) is 0 Å². The highest BCUT2D eigenvalue weighted by atomic mass is 35.5. The summed E-state index contributed by atoms with van der Waals surface area (Å²) in [4.78, 5) is 8.31. The molecule has 5 nitrogen and oxygen atoms in total. The number of aryl methyl sites for hydroxylation is 1. The summed E-state index contributed by atoms with van der Waals surface area (Å²) in [6, 6.07) is 15.4. The van der Waals surface area contributed by atoms with Crippen LogP contribution in [-0.4, -0.2) is 9.97 Å². The molecule has 3 aromatic rings. The summed E-state index contributed by atoms with van der Waals surface area (Å²) in [7, 11) is 0. The predicted octanol–water partition coefficient (Wildman–Crippen LogP) is 4.68. The number of nitrogens with zero attached hydrogens (tertiary/aromatic N) is 2. The van der Waals surface area contributed by atoms with Crippen molar-refractivity contribution in [3.8, 4) is 11.6 Å². The summed E-state index contributed by atoms with van der Waals surface area (Å²) in [5, 5.41) is 3.86. The van der Waals surface area contributed by atoms with E-state index in [2.05, 4.69) is 22.2 Å². The highest BCUT2D eigenvalue weighted by Gasteiger charge is 2.11. The molecule has 0 aliphatic carbocycles. The van der Waals surface area contributed by atoms with Crippen LogP contribution >= 0.6 is 11.6 Å². The van der Waals surface area contributed by atoms with E-state index in [4.69, 9.17) is 22.1 Å². The van der Waals surface area contributed by atoms with E-state index >= 15 is 0 Å². The summed E-state index contributed by atoms with van der Waals surface area (Å²) in [5.74, 6) is 1.51. The lowest BCUT2D eigenvalue weighted by Crippen LogP contribution is -2.07. The summed E-state index contributed by atoms with van der Waals surface area (Å²) < 4.78 is 5.78. The molecular formula is C19H19ClN4O. The minimum Gasteiger partial charge on any atom is -0.437 e. The fourth-order valence-corrected chi connectivity index (χ4v) is 2.53. The number of anilines is 2. The van der Waals surface area contributed by atoms with E-state index in [-0.39, 0.29) is 0 Å². The lowest BCUT2D eigenvalue weighted by atomic mass is 10.2. The van der Waals surface area contributed by atoms with Crippen LogP contribution in [-0.2, 0) is 13.0 Å². The van der Waals surface area contributed by atoms with E-state index in [1.807, 2.05) is 48.5 Å². The number of hydrogen-bond acceptors (Lipinski definition) is 5. The Morgan fingerprint density at radius 1 is 1.08 bits per heavy atom. The van der Waals surface area contributed by atoms with E-state index in [9.17, 15) is 0 Å². The SMILES string of the molecule is CCc1ccc(Oc2ncnc(NCc3ccccc3Cl)c2N)cc1. The maximum absolute atomic E-state index is 6.16. The molecule has 0 atom stereocenters. The van der Waals surface area contributed by atoms with Gasteiger partial charge < -0.3 is 15.8 Å². The Hall–Kier alpha value is -2.79. The Morgan fingerprint density at radius 2 is 1.84 bits per heavy atom. The lowest BCUT2D eigenvalue weighted by Gasteiger charge is -2.12. The second-order valence-electron chi connectivity index (χ2n) is 5.49. The molecule has 0 aliphatic heterocycles. The van der Waals surface area contributed by atoms with Crippen molar-refractivity contribution in [2.45, 2.75) is 19.9 Å². The van der Waals surface area contributed by atoms with Crippen LogP contribution in [0.1, 0.15) is 18.1 Å². The molecule has 1 aromatic heterocycles. The van der Waals surface area contributed by atoms with Gasteiger partial charge in [0.1, 0.15) is 17.8 Å². The molecule has 0 aliphatic rings. The number of aromatic nitrogens is 2. The molecule has 3 rings (SSSR count). The van der Waals surface area contributed by atoms with Crippen molar-refractivity contribution in [1.82, 2.24) is 9.97 Å². The first-order valence-electron chi connectivity index (χ1n) is 8.02. The highest BCUT2D eigenvalue weighted by Crippen LogP contribution is 2.30. The molecule has 128 valence electrons. The zero-order valence-electron chi connectivity index (χ0n) is 13.9. The summed E-state index contributed by atoms with van der Waals surface area (Å²) in [6.45, 7) is 2.61. The molecule has 0 saturated carbocycles. The summed E-state index contributed by atoms with van der Waals surface area (Å²) >= 11 is 6.16. The Balaban J connectivity index is 1.74. The minimum atomic E-state index is 0.320. The normalized spacial score (nSPS) is 10.5. The first kappa shape index (κ1) is 17.0.